The lowest BCUT2D eigenvalue weighted by atomic mass is 10.1. The first-order valence-corrected chi connectivity index (χ1v) is 7.86. The van der Waals surface area contributed by atoms with Crippen molar-refractivity contribution in [3.05, 3.63) is 35.1 Å². The molecule has 1 aromatic carbocycles. The van der Waals surface area contributed by atoms with Crippen molar-refractivity contribution >= 4 is 15.8 Å². The summed E-state index contributed by atoms with van der Waals surface area (Å²) in [6, 6.07) is 3.81. The van der Waals surface area contributed by atoms with Gasteiger partial charge in [0.15, 0.2) is 9.84 Å². The smallest absolute Gasteiger partial charge is 0.338 e. The Morgan fingerprint density at radius 1 is 1.40 bits per heavy atom. The SMILES string of the molecule is CC(C)(CNCc1ccc(C(=O)O)c(F)c1)S(C)(=O)=O. The third kappa shape index (κ3) is 4.01. The van der Waals surface area contributed by atoms with Crippen LogP contribution >= 0.6 is 0 Å². The molecular formula is C13H18FNO4S. The van der Waals surface area contributed by atoms with E-state index in [1.54, 1.807) is 13.8 Å². The third-order valence-electron chi connectivity index (χ3n) is 3.15. The highest BCUT2D eigenvalue weighted by Crippen LogP contribution is 2.14. The second-order valence-electron chi connectivity index (χ2n) is 5.25. The molecule has 1 aromatic rings. The first-order valence-electron chi connectivity index (χ1n) is 5.96. The first kappa shape index (κ1) is 16.6. The maximum atomic E-state index is 13.4. The van der Waals surface area contributed by atoms with Gasteiger partial charge in [0.1, 0.15) is 5.82 Å². The van der Waals surface area contributed by atoms with Crippen molar-refractivity contribution in [3.8, 4) is 0 Å². The van der Waals surface area contributed by atoms with Gasteiger partial charge in [0.05, 0.1) is 10.3 Å². The summed E-state index contributed by atoms with van der Waals surface area (Å²) in [7, 11) is -3.20. The standard InChI is InChI=1S/C13H18FNO4S/c1-13(2,20(3,18)19)8-15-7-9-4-5-10(12(16)17)11(14)6-9/h4-6,15H,7-8H2,1-3H3,(H,16,17). The van der Waals surface area contributed by atoms with E-state index in [2.05, 4.69) is 5.32 Å². The minimum absolute atomic E-state index is 0.216. The minimum Gasteiger partial charge on any atom is -0.478 e. The van der Waals surface area contributed by atoms with Crippen molar-refractivity contribution in [2.45, 2.75) is 25.1 Å². The summed E-state index contributed by atoms with van der Waals surface area (Å²) >= 11 is 0. The molecule has 0 fully saturated rings. The minimum atomic E-state index is -3.20. The van der Waals surface area contributed by atoms with Crippen LogP contribution in [0.15, 0.2) is 18.2 Å². The number of aromatic carboxylic acids is 1. The van der Waals surface area contributed by atoms with Gasteiger partial charge in [-0.15, -0.1) is 0 Å². The third-order valence-corrected chi connectivity index (χ3v) is 5.30. The van der Waals surface area contributed by atoms with E-state index < -0.39 is 26.4 Å². The van der Waals surface area contributed by atoms with E-state index >= 15 is 0 Å². The maximum absolute atomic E-state index is 13.4. The number of halogens is 1. The topological polar surface area (TPSA) is 83.5 Å². The summed E-state index contributed by atoms with van der Waals surface area (Å²) in [4.78, 5) is 10.7. The van der Waals surface area contributed by atoms with E-state index in [0.717, 1.165) is 12.3 Å². The number of hydrogen-bond acceptors (Lipinski definition) is 4. The van der Waals surface area contributed by atoms with Crippen LogP contribution in [-0.4, -0.2) is 37.0 Å². The zero-order valence-electron chi connectivity index (χ0n) is 11.6. The molecule has 2 N–H and O–H groups in total. The molecule has 112 valence electrons. The molecule has 1 rings (SSSR count). The van der Waals surface area contributed by atoms with Crippen LogP contribution in [0.3, 0.4) is 0 Å². The Hall–Kier alpha value is -1.47. The van der Waals surface area contributed by atoms with E-state index in [0.29, 0.717) is 5.56 Å². The predicted octanol–water partition coefficient (Wildman–Crippen LogP) is 1.44. The lowest BCUT2D eigenvalue weighted by molar-refractivity contribution is 0.0692. The summed E-state index contributed by atoms with van der Waals surface area (Å²) in [5, 5.41) is 11.6. The van der Waals surface area contributed by atoms with Crippen LogP contribution in [0, 0.1) is 5.82 Å². The van der Waals surface area contributed by atoms with Crippen molar-refractivity contribution in [2.24, 2.45) is 0 Å². The van der Waals surface area contributed by atoms with Gasteiger partial charge in [-0.05, 0) is 31.5 Å². The molecule has 0 heterocycles. The van der Waals surface area contributed by atoms with E-state index in [4.69, 9.17) is 5.11 Å². The quantitative estimate of drug-likeness (QED) is 0.831. The van der Waals surface area contributed by atoms with Crippen LogP contribution in [0.4, 0.5) is 4.39 Å². The van der Waals surface area contributed by atoms with Crippen molar-refractivity contribution in [3.63, 3.8) is 0 Å². The molecule has 0 saturated carbocycles. The fourth-order valence-corrected chi connectivity index (χ4v) is 1.85. The highest BCUT2D eigenvalue weighted by atomic mass is 32.2. The average Bonchev–Trinajstić information content (AvgIpc) is 2.26. The molecule has 0 aliphatic heterocycles. The van der Waals surface area contributed by atoms with Gasteiger partial charge in [-0.2, -0.15) is 0 Å². The number of carbonyl (C=O) groups is 1. The molecule has 0 aliphatic rings. The average molecular weight is 303 g/mol. The molecule has 20 heavy (non-hydrogen) atoms. The van der Waals surface area contributed by atoms with Gasteiger partial charge in [-0.1, -0.05) is 6.07 Å². The molecule has 0 unspecified atom stereocenters. The zero-order valence-corrected chi connectivity index (χ0v) is 12.4. The first-order chi connectivity index (χ1) is 9.04. The summed E-state index contributed by atoms with van der Waals surface area (Å²) in [6.07, 6.45) is 1.16. The van der Waals surface area contributed by atoms with Crippen LogP contribution < -0.4 is 5.32 Å². The fourth-order valence-electron chi connectivity index (χ4n) is 1.48. The summed E-state index contributed by atoms with van der Waals surface area (Å²) in [5.74, 6) is -2.13. The normalized spacial score (nSPS) is 12.4. The molecule has 0 amide bonds. The Balaban J connectivity index is 2.68. The van der Waals surface area contributed by atoms with Gasteiger partial charge in [-0.25, -0.2) is 17.6 Å². The summed E-state index contributed by atoms with van der Waals surface area (Å²) in [5.41, 5.74) is 0.169. The molecule has 7 heteroatoms. The van der Waals surface area contributed by atoms with Crippen molar-refractivity contribution < 1.29 is 22.7 Å². The molecule has 0 spiro atoms. The van der Waals surface area contributed by atoms with Crippen LogP contribution in [0.1, 0.15) is 29.8 Å². The number of sulfone groups is 1. The van der Waals surface area contributed by atoms with E-state index in [-0.39, 0.29) is 18.7 Å². The molecule has 0 atom stereocenters. The van der Waals surface area contributed by atoms with Crippen molar-refractivity contribution in [1.82, 2.24) is 5.32 Å². The molecule has 5 nitrogen and oxygen atoms in total. The number of nitrogens with one attached hydrogen (secondary N) is 1. The number of hydrogen-bond donors (Lipinski definition) is 2. The van der Waals surface area contributed by atoms with Crippen LogP contribution in [-0.2, 0) is 16.4 Å². The number of benzene rings is 1. The molecule has 0 bridgehead atoms. The Morgan fingerprint density at radius 3 is 2.45 bits per heavy atom. The molecular weight excluding hydrogens is 285 g/mol. The van der Waals surface area contributed by atoms with Gasteiger partial charge < -0.3 is 10.4 Å². The van der Waals surface area contributed by atoms with Crippen LogP contribution in [0.2, 0.25) is 0 Å². The Labute approximate surface area is 117 Å². The maximum Gasteiger partial charge on any atom is 0.338 e. The Kier molecular flexibility index (Phi) is 4.88. The number of carboxylic acid groups (broad SMARTS) is 1. The lowest BCUT2D eigenvalue weighted by Gasteiger charge is -2.22. The van der Waals surface area contributed by atoms with Crippen molar-refractivity contribution in [1.29, 1.82) is 0 Å². The highest BCUT2D eigenvalue weighted by molar-refractivity contribution is 7.92. The highest BCUT2D eigenvalue weighted by Gasteiger charge is 2.29. The van der Waals surface area contributed by atoms with Gasteiger partial charge in [0.25, 0.3) is 0 Å². The summed E-state index contributed by atoms with van der Waals surface area (Å²) < 4.78 is 35.5. The second kappa shape index (κ2) is 5.88. The van der Waals surface area contributed by atoms with Gasteiger partial charge in [0, 0.05) is 19.3 Å². The molecule has 0 aliphatic carbocycles. The van der Waals surface area contributed by atoms with E-state index in [9.17, 15) is 17.6 Å². The van der Waals surface area contributed by atoms with E-state index in [1.165, 1.54) is 12.1 Å². The number of rotatable bonds is 6. The fraction of sp³-hybridized carbons (Fsp3) is 0.462. The molecule has 0 aromatic heterocycles. The zero-order chi connectivity index (χ0) is 15.6. The molecule has 0 radical (unpaired) electrons. The second-order valence-corrected chi connectivity index (χ2v) is 7.90. The van der Waals surface area contributed by atoms with Gasteiger partial charge in [0.2, 0.25) is 0 Å². The van der Waals surface area contributed by atoms with Crippen molar-refractivity contribution in [2.75, 3.05) is 12.8 Å². The predicted molar refractivity (Wildman–Crippen MR) is 74.0 cm³/mol. The molecule has 0 saturated heterocycles. The number of carboxylic acids is 1. The van der Waals surface area contributed by atoms with E-state index in [1.807, 2.05) is 0 Å². The monoisotopic (exact) mass is 303 g/mol. The van der Waals surface area contributed by atoms with Crippen LogP contribution in [0.25, 0.3) is 0 Å². The van der Waals surface area contributed by atoms with Gasteiger partial charge in [-0.3, -0.25) is 0 Å². The largest absolute Gasteiger partial charge is 0.478 e. The Bertz CT molecular complexity index is 611. The summed E-state index contributed by atoms with van der Waals surface area (Å²) in [6.45, 7) is 3.68. The van der Waals surface area contributed by atoms with Gasteiger partial charge >= 0.3 is 5.97 Å². The van der Waals surface area contributed by atoms with Crippen LogP contribution in [0.5, 0.6) is 0 Å². The Morgan fingerprint density at radius 2 is 2.00 bits per heavy atom. The lowest BCUT2D eigenvalue weighted by Crippen LogP contribution is -2.41.